The average Bonchev–Trinajstić information content (AvgIpc) is 2.89. The lowest BCUT2D eigenvalue weighted by Crippen LogP contribution is -2.57. The van der Waals surface area contributed by atoms with Crippen LogP contribution >= 0.6 is 0 Å². The van der Waals surface area contributed by atoms with Gasteiger partial charge in [-0.2, -0.15) is 5.10 Å². The summed E-state index contributed by atoms with van der Waals surface area (Å²) in [5.74, 6) is 0.945. The topological polar surface area (TPSA) is 79.6 Å². The third-order valence-electron chi connectivity index (χ3n) is 5.09. The van der Waals surface area contributed by atoms with E-state index in [0.717, 1.165) is 31.0 Å². The van der Waals surface area contributed by atoms with E-state index in [4.69, 9.17) is 4.99 Å². The Kier molecular flexibility index (Phi) is 6.37. The molecule has 2 rings (SSSR count). The van der Waals surface area contributed by atoms with Crippen molar-refractivity contribution in [3.63, 3.8) is 0 Å². The predicted molar refractivity (Wildman–Crippen MR) is 106 cm³/mol. The van der Waals surface area contributed by atoms with Crippen molar-refractivity contribution in [1.82, 2.24) is 20.0 Å². The number of guanidine groups is 1. The molecule has 0 aromatic carbocycles. The second-order valence-corrected chi connectivity index (χ2v) is 10.1. The number of aryl methyl sites for hydroxylation is 2. The number of aromatic nitrogens is 2. The molecule has 1 aliphatic rings. The number of hydrogen-bond acceptors (Lipinski definition) is 4. The van der Waals surface area contributed by atoms with E-state index < -0.39 is 14.6 Å². The lowest BCUT2D eigenvalue weighted by atomic mass is 10.1. The van der Waals surface area contributed by atoms with Gasteiger partial charge in [-0.1, -0.05) is 13.8 Å². The zero-order chi connectivity index (χ0) is 19.5. The van der Waals surface area contributed by atoms with Gasteiger partial charge in [0.05, 0.1) is 22.7 Å². The lowest BCUT2D eigenvalue weighted by Gasteiger charge is -2.39. The van der Waals surface area contributed by atoms with Gasteiger partial charge in [0.15, 0.2) is 15.8 Å². The van der Waals surface area contributed by atoms with Crippen LogP contribution < -0.4 is 5.32 Å². The first kappa shape index (κ1) is 20.7. The quantitative estimate of drug-likeness (QED) is 0.616. The Morgan fingerprint density at radius 2 is 1.96 bits per heavy atom. The minimum absolute atomic E-state index is 0.164. The number of rotatable bonds is 5. The molecule has 0 unspecified atom stereocenters. The summed E-state index contributed by atoms with van der Waals surface area (Å²) in [5.41, 5.74) is 3.49. The van der Waals surface area contributed by atoms with Crippen molar-refractivity contribution in [1.29, 1.82) is 0 Å². The van der Waals surface area contributed by atoms with Crippen molar-refractivity contribution in [2.45, 2.75) is 58.8 Å². The van der Waals surface area contributed by atoms with E-state index in [0.29, 0.717) is 19.6 Å². The van der Waals surface area contributed by atoms with Gasteiger partial charge in [-0.05, 0) is 33.6 Å². The Bertz CT molecular complexity index is 765. The third kappa shape index (κ3) is 4.05. The Morgan fingerprint density at radius 3 is 2.50 bits per heavy atom. The summed E-state index contributed by atoms with van der Waals surface area (Å²) in [6, 6.07) is 0. The molecule has 1 N–H and O–H groups in total. The van der Waals surface area contributed by atoms with E-state index in [1.54, 1.807) is 13.8 Å². The van der Waals surface area contributed by atoms with Crippen LogP contribution in [0.15, 0.2) is 4.99 Å². The van der Waals surface area contributed by atoms with Gasteiger partial charge in [-0.25, -0.2) is 13.4 Å². The standard InChI is InChI=1S/C18H33N5O2S/c1-7-15-14(16(8-2)22(6)21-15)12-20-17(19-9-3)23-10-11-26(24,25)18(4,5)13-23/h7-13H2,1-6H3,(H,19,20). The molecule has 1 aliphatic heterocycles. The first-order valence-electron chi connectivity index (χ1n) is 9.46. The number of sulfone groups is 1. The summed E-state index contributed by atoms with van der Waals surface area (Å²) < 4.78 is 25.7. The van der Waals surface area contributed by atoms with Gasteiger partial charge in [0.25, 0.3) is 0 Å². The van der Waals surface area contributed by atoms with Gasteiger partial charge in [0.2, 0.25) is 0 Å². The van der Waals surface area contributed by atoms with Gasteiger partial charge >= 0.3 is 0 Å². The van der Waals surface area contributed by atoms with Crippen molar-refractivity contribution in [2.24, 2.45) is 12.0 Å². The molecule has 0 saturated carbocycles. The molecular weight excluding hydrogens is 350 g/mol. The zero-order valence-corrected chi connectivity index (χ0v) is 17.8. The first-order valence-corrected chi connectivity index (χ1v) is 11.1. The molecule has 2 heterocycles. The number of hydrogen-bond donors (Lipinski definition) is 1. The normalized spacial score (nSPS) is 19.6. The minimum atomic E-state index is -3.07. The maximum absolute atomic E-state index is 12.3. The van der Waals surface area contributed by atoms with E-state index in [-0.39, 0.29) is 5.75 Å². The second kappa shape index (κ2) is 7.98. The molecule has 1 aromatic rings. The van der Waals surface area contributed by atoms with Crippen LogP contribution in [-0.2, 0) is 36.3 Å². The van der Waals surface area contributed by atoms with Crippen LogP contribution in [0.2, 0.25) is 0 Å². The summed E-state index contributed by atoms with van der Waals surface area (Å²) in [6.07, 6.45) is 1.80. The molecule has 8 heteroatoms. The molecule has 0 radical (unpaired) electrons. The summed E-state index contributed by atoms with van der Waals surface area (Å²) in [7, 11) is -1.08. The lowest BCUT2D eigenvalue weighted by molar-refractivity contribution is 0.353. The summed E-state index contributed by atoms with van der Waals surface area (Å²) in [6.45, 7) is 12.1. The van der Waals surface area contributed by atoms with Crippen molar-refractivity contribution in [3.05, 3.63) is 17.0 Å². The largest absolute Gasteiger partial charge is 0.357 e. The van der Waals surface area contributed by atoms with Gasteiger partial charge in [0.1, 0.15) is 0 Å². The molecule has 1 fully saturated rings. The fraction of sp³-hybridized carbons (Fsp3) is 0.778. The number of nitrogens with zero attached hydrogens (tertiary/aromatic N) is 4. The van der Waals surface area contributed by atoms with Gasteiger partial charge < -0.3 is 10.2 Å². The maximum atomic E-state index is 12.3. The average molecular weight is 384 g/mol. The molecule has 148 valence electrons. The number of aliphatic imine (C=N–C) groups is 1. The van der Waals surface area contributed by atoms with Gasteiger partial charge in [-0.3, -0.25) is 4.68 Å². The van der Waals surface area contributed by atoms with Crippen molar-refractivity contribution >= 4 is 15.8 Å². The van der Waals surface area contributed by atoms with E-state index in [1.807, 2.05) is 18.7 Å². The zero-order valence-electron chi connectivity index (χ0n) is 17.0. The fourth-order valence-electron chi connectivity index (χ4n) is 3.48. The van der Waals surface area contributed by atoms with Crippen molar-refractivity contribution in [2.75, 3.05) is 25.4 Å². The third-order valence-corrected chi connectivity index (χ3v) is 7.63. The Morgan fingerprint density at radius 1 is 1.27 bits per heavy atom. The van der Waals surface area contributed by atoms with Crippen molar-refractivity contribution in [3.8, 4) is 0 Å². The van der Waals surface area contributed by atoms with Crippen LogP contribution in [0, 0.1) is 0 Å². The Balaban J connectivity index is 2.28. The molecule has 0 bridgehead atoms. The minimum Gasteiger partial charge on any atom is -0.357 e. The number of nitrogens with one attached hydrogen (secondary N) is 1. The van der Waals surface area contributed by atoms with Crippen LogP contribution in [0.4, 0.5) is 0 Å². The van der Waals surface area contributed by atoms with Gasteiger partial charge in [-0.15, -0.1) is 0 Å². The Hall–Kier alpha value is -1.57. The highest BCUT2D eigenvalue weighted by molar-refractivity contribution is 7.92. The van der Waals surface area contributed by atoms with Gasteiger partial charge in [0, 0.05) is 37.9 Å². The van der Waals surface area contributed by atoms with Crippen LogP contribution in [-0.4, -0.2) is 59.2 Å². The van der Waals surface area contributed by atoms with E-state index in [2.05, 4.69) is 29.2 Å². The van der Waals surface area contributed by atoms with E-state index in [9.17, 15) is 8.42 Å². The summed E-state index contributed by atoms with van der Waals surface area (Å²) in [5, 5.41) is 7.94. The highest BCUT2D eigenvalue weighted by Crippen LogP contribution is 2.24. The summed E-state index contributed by atoms with van der Waals surface area (Å²) >= 11 is 0. The van der Waals surface area contributed by atoms with Crippen LogP contribution in [0.3, 0.4) is 0 Å². The van der Waals surface area contributed by atoms with Crippen LogP contribution in [0.5, 0.6) is 0 Å². The summed E-state index contributed by atoms with van der Waals surface area (Å²) in [4.78, 5) is 6.90. The van der Waals surface area contributed by atoms with Crippen LogP contribution in [0.25, 0.3) is 0 Å². The fourth-order valence-corrected chi connectivity index (χ4v) is 4.84. The molecule has 0 amide bonds. The molecule has 1 saturated heterocycles. The SMILES string of the molecule is CCNC(=NCc1c(CC)nn(C)c1CC)N1CCS(=O)(=O)C(C)(C)C1. The van der Waals surface area contributed by atoms with E-state index >= 15 is 0 Å². The molecular formula is C18H33N5O2S. The molecule has 1 aromatic heterocycles. The monoisotopic (exact) mass is 383 g/mol. The highest BCUT2D eigenvalue weighted by atomic mass is 32.2. The first-order chi connectivity index (χ1) is 12.2. The highest BCUT2D eigenvalue weighted by Gasteiger charge is 2.41. The molecule has 0 spiro atoms. The Labute approximate surface area is 157 Å². The van der Waals surface area contributed by atoms with E-state index in [1.165, 1.54) is 11.3 Å². The molecule has 0 atom stereocenters. The predicted octanol–water partition coefficient (Wildman–Crippen LogP) is 1.52. The molecule has 0 aliphatic carbocycles. The van der Waals surface area contributed by atoms with Crippen molar-refractivity contribution < 1.29 is 8.42 Å². The smallest absolute Gasteiger partial charge is 0.194 e. The maximum Gasteiger partial charge on any atom is 0.194 e. The molecule has 7 nitrogen and oxygen atoms in total. The second-order valence-electron chi connectivity index (χ2n) is 7.37. The molecule has 26 heavy (non-hydrogen) atoms. The van der Waals surface area contributed by atoms with Crippen LogP contribution in [0.1, 0.15) is 51.6 Å².